The second-order valence-electron chi connectivity index (χ2n) is 5.90. The molecule has 0 heterocycles. The zero-order chi connectivity index (χ0) is 19.9. The van der Waals surface area contributed by atoms with Crippen molar-refractivity contribution in [1.82, 2.24) is 0 Å². The summed E-state index contributed by atoms with van der Waals surface area (Å²) in [5.41, 5.74) is 2.14. The number of para-hydroxylation sites is 2. The third-order valence-electron chi connectivity index (χ3n) is 3.85. The van der Waals surface area contributed by atoms with Gasteiger partial charge in [0.05, 0.1) is 27.8 Å². The van der Waals surface area contributed by atoms with Crippen LogP contribution in [0.1, 0.15) is 10.4 Å². The Morgan fingerprint density at radius 1 is 0.750 bits per heavy atom. The summed E-state index contributed by atoms with van der Waals surface area (Å²) in [7, 11) is 0. The molecule has 0 radical (unpaired) electrons. The van der Waals surface area contributed by atoms with Crippen molar-refractivity contribution in [1.29, 1.82) is 0 Å². The number of carbonyl (C=O) groups is 2. The molecule has 0 aliphatic rings. The second kappa shape index (κ2) is 9.26. The Bertz CT molecular complexity index is 994. The van der Waals surface area contributed by atoms with Gasteiger partial charge in [0.1, 0.15) is 0 Å². The van der Waals surface area contributed by atoms with Crippen molar-refractivity contribution in [2.24, 2.45) is 0 Å². The zero-order valence-corrected chi connectivity index (χ0v) is 16.2. The van der Waals surface area contributed by atoms with Crippen LogP contribution >= 0.6 is 23.2 Å². The van der Waals surface area contributed by atoms with Crippen molar-refractivity contribution < 1.29 is 9.59 Å². The van der Waals surface area contributed by atoms with Crippen LogP contribution in [0.15, 0.2) is 72.8 Å². The van der Waals surface area contributed by atoms with Gasteiger partial charge in [-0.05, 0) is 42.5 Å². The van der Waals surface area contributed by atoms with Gasteiger partial charge in [-0.2, -0.15) is 0 Å². The van der Waals surface area contributed by atoms with Crippen molar-refractivity contribution in [3.8, 4) is 0 Å². The monoisotopic (exact) mass is 413 g/mol. The molecule has 0 fully saturated rings. The number of benzene rings is 3. The van der Waals surface area contributed by atoms with Gasteiger partial charge in [0, 0.05) is 11.4 Å². The summed E-state index contributed by atoms with van der Waals surface area (Å²) < 4.78 is 0. The maximum atomic E-state index is 12.6. The summed E-state index contributed by atoms with van der Waals surface area (Å²) in [6.07, 6.45) is 0. The highest BCUT2D eigenvalue weighted by Gasteiger charge is 2.13. The largest absolute Gasteiger partial charge is 0.376 e. The molecule has 0 aliphatic heterocycles. The molecule has 0 unspecified atom stereocenters. The van der Waals surface area contributed by atoms with Gasteiger partial charge in [0.15, 0.2) is 0 Å². The zero-order valence-electron chi connectivity index (χ0n) is 14.7. The minimum Gasteiger partial charge on any atom is -0.376 e. The Morgan fingerprint density at radius 2 is 1.46 bits per heavy atom. The van der Waals surface area contributed by atoms with Crippen LogP contribution in [0.25, 0.3) is 0 Å². The lowest BCUT2D eigenvalue weighted by Gasteiger charge is -2.12. The molecule has 0 aliphatic carbocycles. The van der Waals surface area contributed by atoms with Crippen LogP contribution in [0.2, 0.25) is 10.0 Å². The molecule has 5 nitrogen and oxygen atoms in total. The van der Waals surface area contributed by atoms with Crippen molar-refractivity contribution >= 4 is 52.1 Å². The van der Waals surface area contributed by atoms with Gasteiger partial charge in [-0.15, -0.1) is 0 Å². The lowest BCUT2D eigenvalue weighted by Crippen LogP contribution is -2.24. The average Bonchev–Trinajstić information content (AvgIpc) is 2.70. The molecule has 0 bridgehead atoms. The molecule has 3 aromatic rings. The highest BCUT2D eigenvalue weighted by Crippen LogP contribution is 2.25. The molecule has 0 atom stereocenters. The maximum absolute atomic E-state index is 12.6. The normalized spacial score (nSPS) is 10.2. The molecule has 7 heteroatoms. The molecule has 2 amide bonds. The quantitative estimate of drug-likeness (QED) is 0.513. The lowest BCUT2D eigenvalue weighted by molar-refractivity contribution is -0.114. The Kier molecular flexibility index (Phi) is 6.53. The summed E-state index contributed by atoms with van der Waals surface area (Å²) in [4.78, 5) is 24.9. The SMILES string of the molecule is O=C(CNc1ccc(Cl)c(Cl)c1)Nc1ccccc1C(=O)Nc1ccccc1. The van der Waals surface area contributed by atoms with Gasteiger partial charge >= 0.3 is 0 Å². The Labute approximate surface area is 172 Å². The van der Waals surface area contributed by atoms with Crippen molar-refractivity contribution in [3.05, 3.63) is 88.4 Å². The van der Waals surface area contributed by atoms with Crippen LogP contribution in [0, 0.1) is 0 Å². The van der Waals surface area contributed by atoms with Crippen LogP contribution in [0.3, 0.4) is 0 Å². The fourth-order valence-electron chi connectivity index (χ4n) is 2.49. The Morgan fingerprint density at radius 3 is 2.21 bits per heavy atom. The smallest absolute Gasteiger partial charge is 0.257 e. The minimum absolute atomic E-state index is 0.00655. The highest BCUT2D eigenvalue weighted by molar-refractivity contribution is 6.42. The summed E-state index contributed by atoms with van der Waals surface area (Å²) in [6.45, 7) is 0.00655. The maximum Gasteiger partial charge on any atom is 0.257 e. The van der Waals surface area contributed by atoms with E-state index in [1.807, 2.05) is 18.2 Å². The van der Waals surface area contributed by atoms with Crippen LogP contribution in [-0.4, -0.2) is 18.4 Å². The molecular weight excluding hydrogens is 397 g/mol. The van der Waals surface area contributed by atoms with Crippen LogP contribution in [0.4, 0.5) is 17.1 Å². The summed E-state index contributed by atoms with van der Waals surface area (Å²) >= 11 is 11.8. The topological polar surface area (TPSA) is 70.2 Å². The summed E-state index contributed by atoms with van der Waals surface area (Å²) in [5.74, 6) is -0.606. The molecule has 3 N–H and O–H groups in total. The van der Waals surface area contributed by atoms with Crippen LogP contribution in [-0.2, 0) is 4.79 Å². The number of anilines is 3. The number of hydrogen-bond acceptors (Lipinski definition) is 3. The molecule has 142 valence electrons. The molecule has 3 rings (SSSR count). The first-order valence-corrected chi connectivity index (χ1v) is 9.23. The van der Waals surface area contributed by atoms with Crippen LogP contribution in [0.5, 0.6) is 0 Å². The van der Waals surface area contributed by atoms with Crippen molar-refractivity contribution in [3.63, 3.8) is 0 Å². The summed E-state index contributed by atoms with van der Waals surface area (Å²) in [6, 6.07) is 20.9. The van der Waals surface area contributed by atoms with Gasteiger partial charge in [-0.25, -0.2) is 0 Å². The highest BCUT2D eigenvalue weighted by atomic mass is 35.5. The van der Waals surface area contributed by atoms with E-state index in [9.17, 15) is 9.59 Å². The van der Waals surface area contributed by atoms with E-state index >= 15 is 0 Å². The van der Waals surface area contributed by atoms with E-state index in [1.54, 1.807) is 54.6 Å². The fraction of sp³-hybridized carbons (Fsp3) is 0.0476. The van der Waals surface area contributed by atoms with Crippen molar-refractivity contribution in [2.75, 3.05) is 22.5 Å². The molecule has 0 saturated carbocycles. The van der Waals surface area contributed by atoms with Gasteiger partial charge in [0.2, 0.25) is 5.91 Å². The molecular formula is C21H17Cl2N3O2. The van der Waals surface area contributed by atoms with E-state index in [0.29, 0.717) is 32.7 Å². The number of amides is 2. The number of rotatable bonds is 6. The predicted octanol–water partition coefficient (Wildman–Crippen LogP) is 5.30. The molecule has 0 saturated heterocycles. The third kappa shape index (κ3) is 5.25. The molecule has 3 aromatic carbocycles. The fourth-order valence-corrected chi connectivity index (χ4v) is 2.79. The van der Waals surface area contributed by atoms with Gasteiger partial charge in [-0.3, -0.25) is 9.59 Å². The first-order chi connectivity index (χ1) is 13.5. The average molecular weight is 414 g/mol. The first kappa shape index (κ1) is 19.7. The second-order valence-corrected chi connectivity index (χ2v) is 6.71. The van der Waals surface area contributed by atoms with Gasteiger partial charge in [0.25, 0.3) is 5.91 Å². The van der Waals surface area contributed by atoms with E-state index < -0.39 is 0 Å². The van der Waals surface area contributed by atoms with E-state index in [0.717, 1.165) is 0 Å². The predicted molar refractivity (Wildman–Crippen MR) is 114 cm³/mol. The van der Waals surface area contributed by atoms with E-state index in [4.69, 9.17) is 23.2 Å². The van der Waals surface area contributed by atoms with Gasteiger partial charge < -0.3 is 16.0 Å². The third-order valence-corrected chi connectivity index (χ3v) is 4.59. The number of hydrogen-bond donors (Lipinski definition) is 3. The molecule has 0 aromatic heterocycles. The van der Waals surface area contributed by atoms with Crippen molar-refractivity contribution in [2.45, 2.75) is 0 Å². The Hall–Kier alpha value is -3.02. The molecule has 0 spiro atoms. The van der Waals surface area contributed by atoms with Gasteiger partial charge in [-0.1, -0.05) is 53.5 Å². The number of halogens is 2. The number of nitrogens with one attached hydrogen (secondary N) is 3. The molecule has 28 heavy (non-hydrogen) atoms. The van der Waals surface area contributed by atoms with E-state index in [2.05, 4.69) is 16.0 Å². The Balaban J connectivity index is 1.64. The van der Waals surface area contributed by atoms with Crippen LogP contribution < -0.4 is 16.0 Å². The van der Waals surface area contributed by atoms with E-state index in [1.165, 1.54) is 0 Å². The number of carbonyl (C=O) groups excluding carboxylic acids is 2. The standard InChI is InChI=1S/C21H17Cl2N3O2/c22-17-11-10-15(12-18(17)23)24-13-20(27)26-19-9-5-4-8-16(19)21(28)25-14-6-2-1-3-7-14/h1-12,24H,13H2,(H,25,28)(H,26,27). The summed E-state index contributed by atoms with van der Waals surface area (Å²) in [5, 5.41) is 9.36. The van der Waals surface area contributed by atoms with E-state index in [-0.39, 0.29) is 18.4 Å². The lowest BCUT2D eigenvalue weighted by atomic mass is 10.1. The first-order valence-electron chi connectivity index (χ1n) is 8.47. The minimum atomic E-state index is -0.306.